The van der Waals surface area contributed by atoms with Crippen molar-refractivity contribution in [2.45, 2.75) is 13.0 Å². The van der Waals surface area contributed by atoms with Gasteiger partial charge in [0.1, 0.15) is 0 Å². The summed E-state index contributed by atoms with van der Waals surface area (Å²) >= 11 is 0. The third kappa shape index (κ3) is 4.43. The van der Waals surface area contributed by atoms with Gasteiger partial charge in [0.2, 0.25) is 0 Å². The highest BCUT2D eigenvalue weighted by Crippen LogP contribution is 1.91. The summed E-state index contributed by atoms with van der Waals surface area (Å²) in [5.74, 6) is 0. The summed E-state index contributed by atoms with van der Waals surface area (Å²) in [7, 11) is 8.41. The van der Waals surface area contributed by atoms with Gasteiger partial charge in [-0.25, -0.2) is 0 Å². The molecule has 0 aromatic rings. The normalized spacial score (nSPS) is 15.0. The molecular formula is C7H18N2. The molecule has 1 atom stereocenters. The summed E-state index contributed by atoms with van der Waals surface area (Å²) in [5.41, 5.74) is 0. The van der Waals surface area contributed by atoms with Crippen LogP contribution in [0, 0.1) is 0 Å². The second-order valence-electron chi connectivity index (χ2n) is 3.07. The predicted molar refractivity (Wildman–Crippen MR) is 41.7 cm³/mol. The molecule has 56 valence electrons. The zero-order valence-electron chi connectivity index (χ0n) is 7.18. The number of hydrogen-bond donors (Lipinski definition) is 0. The van der Waals surface area contributed by atoms with Crippen LogP contribution in [-0.4, -0.2) is 50.6 Å². The molecule has 2 heteroatoms. The lowest BCUT2D eigenvalue weighted by molar-refractivity contribution is 0.244. The standard InChI is InChI=1S/C7H18N2/c1-7(9(4)5)6-8(2)3/h7H,6H2,1-5H3/t7-/m0/s1. The van der Waals surface area contributed by atoms with Crippen LogP contribution in [0.15, 0.2) is 0 Å². The molecule has 0 aliphatic rings. The molecule has 2 nitrogen and oxygen atoms in total. The van der Waals surface area contributed by atoms with Crippen LogP contribution in [0.3, 0.4) is 0 Å². The van der Waals surface area contributed by atoms with Gasteiger partial charge < -0.3 is 9.80 Å². The smallest absolute Gasteiger partial charge is 0.0188 e. The van der Waals surface area contributed by atoms with Crippen LogP contribution in [0.25, 0.3) is 0 Å². The maximum atomic E-state index is 2.22. The molecule has 0 aliphatic carbocycles. The van der Waals surface area contributed by atoms with Crippen molar-refractivity contribution in [1.29, 1.82) is 0 Å². The van der Waals surface area contributed by atoms with Crippen molar-refractivity contribution in [3.8, 4) is 0 Å². The second-order valence-corrected chi connectivity index (χ2v) is 3.07. The van der Waals surface area contributed by atoms with Crippen LogP contribution in [0.5, 0.6) is 0 Å². The van der Waals surface area contributed by atoms with E-state index in [-0.39, 0.29) is 0 Å². The van der Waals surface area contributed by atoms with E-state index in [1.54, 1.807) is 0 Å². The quantitative estimate of drug-likeness (QED) is 0.549. The first kappa shape index (κ1) is 8.92. The molecule has 0 bridgehead atoms. The van der Waals surface area contributed by atoms with Crippen molar-refractivity contribution in [3.05, 3.63) is 0 Å². The molecule has 0 unspecified atom stereocenters. The summed E-state index contributed by atoms with van der Waals surface area (Å²) < 4.78 is 0. The molecule has 0 rings (SSSR count). The SMILES string of the molecule is C[C@@H](CN(C)C)N(C)C. The molecule has 0 aromatic carbocycles. The maximum absolute atomic E-state index is 2.22. The molecule has 0 spiro atoms. The van der Waals surface area contributed by atoms with Gasteiger partial charge in [-0.2, -0.15) is 0 Å². The minimum Gasteiger partial charge on any atom is -0.308 e. The van der Waals surface area contributed by atoms with Crippen molar-refractivity contribution in [2.24, 2.45) is 0 Å². The summed E-state index contributed by atoms with van der Waals surface area (Å²) in [6.07, 6.45) is 0. The van der Waals surface area contributed by atoms with E-state index in [4.69, 9.17) is 0 Å². The second kappa shape index (κ2) is 3.85. The van der Waals surface area contributed by atoms with Gasteiger partial charge in [0.05, 0.1) is 0 Å². The number of nitrogens with zero attached hydrogens (tertiary/aromatic N) is 2. The number of likely N-dealkylation sites (N-methyl/N-ethyl adjacent to an activating group) is 2. The lowest BCUT2D eigenvalue weighted by Gasteiger charge is -2.22. The van der Waals surface area contributed by atoms with Crippen LogP contribution in [0.4, 0.5) is 0 Å². The number of rotatable bonds is 3. The average Bonchev–Trinajstić information content (AvgIpc) is 1.63. The van der Waals surface area contributed by atoms with E-state index in [0.29, 0.717) is 6.04 Å². The van der Waals surface area contributed by atoms with Gasteiger partial charge in [-0.1, -0.05) is 0 Å². The van der Waals surface area contributed by atoms with Crippen LogP contribution in [-0.2, 0) is 0 Å². The molecule has 9 heavy (non-hydrogen) atoms. The molecule has 0 saturated heterocycles. The van der Waals surface area contributed by atoms with Gasteiger partial charge in [-0.3, -0.25) is 0 Å². The van der Waals surface area contributed by atoms with Crippen molar-refractivity contribution < 1.29 is 0 Å². The lowest BCUT2D eigenvalue weighted by Crippen LogP contribution is -2.34. The van der Waals surface area contributed by atoms with E-state index in [1.807, 2.05) is 0 Å². The average molecular weight is 130 g/mol. The Kier molecular flexibility index (Phi) is 3.82. The van der Waals surface area contributed by atoms with E-state index < -0.39 is 0 Å². The molecule has 0 radical (unpaired) electrons. The Labute approximate surface area is 58.4 Å². The van der Waals surface area contributed by atoms with Crippen LogP contribution in [0.2, 0.25) is 0 Å². The molecule has 0 N–H and O–H groups in total. The Morgan fingerprint density at radius 1 is 1.11 bits per heavy atom. The monoisotopic (exact) mass is 130 g/mol. The highest BCUT2D eigenvalue weighted by atomic mass is 15.2. The molecule has 0 saturated carbocycles. The highest BCUT2D eigenvalue weighted by Gasteiger charge is 2.03. The minimum atomic E-state index is 0.653. The van der Waals surface area contributed by atoms with E-state index in [1.165, 1.54) is 0 Å². The lowest BCUT2D eigenvalue weighted by atomic mass is 10.3. The van der Waals surface area contributed by atoms with Gasteiger partial charge in [0.15, 0.2) is 0 Å². The zero-order valence-corrected chi connectivity index (χ0v) is 7.18. The summed E-state index contributed by atoms with van der Waals surface area (Å²) in [4.78, 5) is 4.42. The van der Waals surface area contributed by atoms with Gasteiger partial charge in [0, 0.05) is 12.6 Å². The van der Waals surface area contributed by atoms with Gasteiger partial charge in [-0.05, 0) is 35.1 Å². The molecule has 0 heterocycles. The predicted octanol–water partition coefficient (Wildman–Crippen LogP) is 0.498. The summed E-state index contributed by atoms with van der Waals surface area (Å²) in [5, 5.41) is 0. The zero-order chi connectivity index (χ0) is 7.44. The first-order valence-electron chi connectivity index (χ1n) is 3.35. The molecular weight excluding hydrogens is 112 g/mol. The van der Waals surface area contributed by atoms with Crippen LogP contribution < -0.4 is 0 Å². The molecule has 0 fully saturated rings. The van der Waals surface area contributed by atoms with Crippen molar-refractivity contribution in [3.63, 3.8) is 0 Å². The van der Waals surface area contributed by atoms with Gasteiger partial charge in [0.25, 0.3) is 0 Å². The molecule has 0 aromatic heterocycles. The number of hydrogen-bond acceptors (Lipinski definition) is 2. The van der Waals surface area contributed by atoms with Crippen LogP contribution in [0.1, 0.15) is 6.92 Å². The Hall–Kier alpha value is -0.0800. The fourth-order valence-corrected chi connectivity index (χ4v) is 0.692. The Morgan fingerprint density at radius 3 is 1.67 bits per heavy atom. The first-order chi connectivity index (χ1) is 4.04. The fourth-order valence-electron chi connectivity index (χ4n) is 0.692. The fraction of sp³-hybridized carbons (Fsp3) is 1.00. The van der Waals surface area contributed by atoms with E-state index in [9.17, 15) is 0 Å². The third-order valence-corrected chi connectivity index (χ3v) is 1.51. The van der Waals surface area contributed by atoms with Gasteiger partial charge >= 0.3 is 0 Å². The molecule has 0 aliphatic heterocycles. The Morgan fingerprint density at radius 2 is 1.56 bits per heavy atom. The topological polar surface area (TPSA) is 6.48 Å². The van der Waals surface area contributed by atoms with Crippen LogP contribution >= 0.6 is 0 Å². The van der Waals surface area contributed by atoms with E-state index in [2.05, 4.69) is 44.9 Å². The molecule has 0 amide bonds. The van der Waals surface area contributed by atoms with Crippen molar-refractivity contribution in [2.75, 3.05) is 34.7 Å². The maximum Gasteiger partial charge on any atom is 0.0188 e. The Bertz CT molecular complexity index is 69.3. The summed E-state index contributed by atoms with van der Waals surface area (Å²) in [6, 6.07) is 0.653. The van der Waals surface area contributed by atoms with Gasteiger partial charge in [-0.15, -0.1) is 0 Å². The van der Waals surface area contributed by atoms with E-state index >= 15 is 0 Å². The van der Waals surface area contributed by atoms with Crippen molar-refractivity contribution >= 4 is 0 Å². The first-order valence-corrected chi connectivity index (χ1v) is 3.35. The largest absolute Gasteiger partial charge is 0.308 e. The minimum absolute atomic E-state index is 0.653. The van der Waals surface area contributed by atoms with Crippen molar-refractivity contribution in [1.82, 2.24) is 9.80 Å². The third-order valence-electron chi connectivity index (χ3n) is 1.51. The van der Waals surface area contributed by atoms with E-state index in [0.717, 1.165) is 6.54 Å². The summed E-state index contributed by atoms with van der Waals surface area (Å²) in [6.45, 7) is 3.35. The Balaban J connectivity index is 3.38. The highest BCUT2D eigenvalue weighted by molar-refractivity contribution is 4.61.